The number of methoxy groups -OCH3 is 3. The van der Waals surface area contributed by atoms with Crippen molar-refractivity contribution in [3.05, 3.63) is 47.5 Å². The normalized spacial score (nSPS) is 11.3. The van der Waals surface area contributed by atoms with Crippen molar-refractivity contribution >= 4 is 15.9 Å². The number of hydrogen-bond donors (Lipinski definition) is 2. The maximum Gasteiger partial charge on any atom is 0.240 e. The van der Waals surface area contributed by atoms with E-state index in [0.717, 1.165) is 11.1 Å². The van der Waals surface area contributed by atoms with E-state index in [9.17, 15) is 13.2 Å². The Hall–Kier alpha value is -2.78. The van der Waals surface area contributed by atoms with E-state index in [1.54, 1.807) is 36.4 Å². The molecule has 0 unspecified atom stereocenters. The fourth-order valence-electron chi connectivity index (χ4n) is 2.94. The molecule has 2 rings (SSSR count). The molecule has 0 spiro atoms. The molecular formula is C22H30N2O6S. The number of hydrogen-bond acceptors (Lipinski definition) is 6. The Bertz CT molecular complexity index is 963. The molecule has 9 heteroatoms. The van der Waals surface area contributed by atoms with Crippen LogP contribution in [0.1, 0.15) is 37.3 Å². The molecule has 0 aliphatic carbocycles. The van der Waals surface area contributed by atoms with Crippen LogP contribution >= 0.6 is 0 Å². The zero-order chi connectivity index (χ0) is 23.0. The minimum Gasteiger partial charge on any atom is -0.493 e. The standard InChI is InChI=1S/C22H30N2O6S/c1-15(2)17-6-8-18(9-7-17)31(26,27)24-11-10-21(25)23-14-16-12-19(28-3)22(30-5)20(13-16)29-4/h6-9,12-13,15,24H,10-11,14H2,1-5H3,(H,23,25). The Labute approximate surface area is 184 Å². The zero-order valence-electron chi connectivity index (χ0n) is 18.5. The summed E-state index contributed by atoms with van der Waals surface area (Å²) in [5.41, 5.74) is 1.82. The first-order valence-electron chi connectivity index (χ1n) is 9.87. The van der Waals surface area contributed by atoms with Gasteiger partial charge in [-0.15, -0.1) is 0 Å². The highest BCUT2D eigenvalue weighted by molar-refractivity contribution is 7.89. The highest BCUT2D eigenvalue weighted by Gasteiger charge is 2.16. The Morgan fingerprint density at radius 1 is 0.968 bits per heavy atom. The van der Waals surface area contributed by atoms with Gasteiger partial charge in [-0.05, 0) is 41.3 Å². The predicted molar refractivity (Wildman–Crippen MR) is 118 cm³/mol. The van der Waals surface area contributed by atoms with Crippen LogP contribution in [0, 0.1) is 0 Å². The van der Waals surface area contributed by atoms with Crippen LogP contribution < -0.4 is 24.2 Å². The molecule has 0 heterocycles. The molecular weight excluding hydrogens is 420 g/mol. The summed E-state index contributed by atoms with van der Waals surface area (Å²) in [5.74, 6) is 1.48. The van der Waals surface area contributed by atoms with E-state index >= 15 is 0 Å². The third-order valence-corrected chi connectivity index (χ3v) is 6.19. The molecule has 0 radical (unpaired) electrons. The number of nitrogens with one attached hydrogen (secondary N) is 2. The average Bonchev–Trinajstić information content (AvgIpc) is 2.76. The van der Waals surface area contributed by atoms with Crippen molar-refractivity contribution in [3.63, 3.8) is 0 Å². The molecule has 2 N–H and O–H groups in total. The third-order valence-electron chi connectivity index (χ3n) is 4.72. The maximum atomic E-state index is 12.4. The van der Waals surface area contributed by atoms with Gasteiger partial charge < -0.3 is 19.5 Å². The van der Waals surface area contributed by atoms with Crippen LogP contribution in [0.15, 0.2) is 41.3 Å². The minimum absolute atomic E-state index is 0.00461. The highest BCUT2D eigenvalue weighted by atomic mass is 32.2. The van der Waals surface area contributed by atoms with Gasteiger partial charge in [0.15, 0.2) is 11.5 Å². The molecule has 0 aromatic heterocycles. The van der Waals surface area contributed by atoms with E-state index < -0.39 is 10.0 Å². The Morgan fingerprint density at radius 3 is 2.03 bits per heavy atom. The first-order valence-corrected chi connectivity index (χ1v) is 11.3. The van der Waals surface area contributed by atoms with E-state index in [1.165, 1.54) is 21.3 Å². The average molecular weight is 451 g/mol. The lowest BCUT2D eigenvalue weighted by Crippen LogP contribution is -2.30. The lowest BCUT2D eigenvalue weighted by molar-refractivity contribution is -0.121. The summed E-state index contributed by atoms with van der Waals surface area (Å²) in [4.78, 5) is 12.3. The summed E-state index contributed by atoms with van der Waals surface area (Å²) < 4.78 is 43.1. The Balaban J connectivity index is 1.89. The summed E-state index contributed by atoms with van der Waals surface area (Å²) in [6.45, 7) is 4.31. The van der Waals surface area contributed by atoms with E-state index in [0.29, 0.717) is 23.2 Å². The van der Waals surface area contributed by atoms with Crippen LogP contribution in [0.5, 0.6) is 17.2 Å². The third kappa shape index (κ3) is 6.60. The molecule has 0 saturated carbocycles. The Kier molecular flexibility index (Phi) is 8.70. The van der Waals surface area contributed by atoms with Gasteiger partial charge in [0.05, 0.1) is 26.2 Å². The van der Waals surface area contributed by atoms with Crippen molar-refractivity contribution in [3.8, 4) is 17.2 Å². The second kappa shape index (κ2) is 11.0. The summed E-state index contributed by atoms with van der Waals surface area (Å²) in [7, 11) is 0.879. The van der Waals surface area contributed by atoms with Gasteiger partial charge in [0.2, 0.25) is 21.7 Å². The van der Waals surface area contributed by atoms with Crippen molar-refractivity contribution in [2.45, 2.75) is 37.6 Å². The zero-order valence-corrected chi connectivity index (χ0v) is 19.3. The number of benzene rings is 2. The number of rotatable bonds is 11. The van der Waals surface area contributed by atoms with Gasteiger partial charge in [0.1, 0.15) is 0 Å². The fourth-order valence-corrected chi connectivity index (χ4v) is 3.97. The number of amides is 1. The quantitative estimate of drug-likeness (QED) is 0.546. The number of sulfonamides is 1. The summed E-state index contributed by atoms with van der Waals surface area (Å²) in [6.07, 6.45) is 0.00767. The van der Waals surface area contributed by atoms with Gasteiger partial charge >= 0.3 is 0 Å². The van der Waals surface area contributed by atoms with Crippen molar-refractivity contribution < 1.29 is 27.4 Å². The number of carbonyl (C=O) groups is 1. The second-order valence-electron chi connectivity index (χ2n) is 7.18. The second-order valence-corrected chi connectivity index (χ2v) is 8.95. The van der Waals surface area contributed by atoms with Gasteiger partial charge in [-0.2, -0.15) is 0 Å². The minimum atomic E-state index is -3.67. The van der Waals surface area contributed by atoms with Crippen LogP contribution in [-0.4, -0.2) is 42.2 Å². The largest absolute Gasteiger partial charge is 0.493 e. The predicted octanol–water partition coefficient (Wildman–Crippen LogP) is 2.82. The van der Waals surface area contributed by atoms with Gasteiger partial charge in [0.25, 0.3) is 0 Å². The van der Waals surface area contributed by atoms with E-state index in [2.05, 4.69) is 10.0 Å². The molecule has 1 amide bonds. The molecule has 0 fully saturated rings. The SMILES string of the molecule is COc1cc(CNC(=O)CCNS(=O)(=O)c2ccc(C(C)C)cc2)cc(OC)c1OC. The number of carbonyl (C=O) groups excluding carboxylic acids is 1. The van der Waals surface area contributed by atoms with Crippen molar-refractivity contribution in [1.29, 1.82) is 0 Å². The summed E-state index contributed by atoms with van der Waals surface area (Å²) in [6, 6.07) is 10.2. The first kappa shape index (κ1) is 24.5. The Morgan fingerprint density at radius 2 is 1.55 bits per heavy atom. The monoisotopic (exact) mass is 450 g/mol. The summed E-state index contributed by atoms with van der Waals surface area (Å²) >= 11 is 0. The van der Waals surface area contributed by atoms with Crippen molar-refractivity contribution in [2.75, 3.05) is 27.9 Å². The molecule has 0 bridgehead atoms. The summed E-state index contributed by atoms with van der Waals surface area (Å²) in [5, 5.41) is 2.76. The fraction of sp³-hybridized carbons (Fsp3) is 0.409. The van der Waals surface area contributed by atoms with Crippen LogP contribution in [0.3, 0.4) is 0 Å². The molecule has 31 heavy (non-hydrogen) atoms. The van der Waals surface area contributed by atoms with E-state index in [1.807, 2.05) is 13.8 Å². The topological polar surface area (TPSA) is 103 Å². The van der Waals surface area contributed by atoms with Gasteiger partial charge in [0, 0.05) is 19.5 Å². The molecule has 2 aromatic rings. The van der Waals surface area contributed by atoms with Crippen molar-refractivity contribution in [1.82, 2.24) is 10.0 Å². The van der Waals surface area contributed by atoms with Crippen LogP contribution in [0.25, 0.3) is 0 Å². The van der Waals surface area contributed by atoms with Gasteiger partial charge in [-0.25, -0.2) is 13.1 Å². The molecule has 8 nitrogen and oxygen atoms in total. The lowest BCUT2D eigenvalue weighted by atomic mass is 10.0. The molecule has 0 saturated heterocycles. The van der Waals surface area contributed by atoms with Crippen LogP contribution in [-0.2, 0) is 21.4 Å². The highest BCUT2D eigenvalue weighted by Crippen LogP contribution is 2.38. The molecule has 170 valence electrons. The molecule has 0 aliphatic heterocycles. The molecule has 2 aromatic carbocycles. The van der Waals surface area contributed by atoms with E-state index in [4.69, 9.17) is 14.2 Å². The number of ether oxygens (including phenoxy) is 3. The lowest BCUT2D eigenvalue weighted by Gasteiger charge is -2.14. The van der Waals surface area contributed by atoms with Gasteiger partial charge in [-0.1, -0.05) is 26.0 Å². The molecule has 0 atom stereocenters. The smallest absolute Gasteiger partial charge is 0.240 e. The maximum absolute atomic E-state index is 12.4. The van der Waals surface area contributed by atoms with Gasteiger partial charge in [-0.3, -0.25) is 4.79 Å². The van der Waals surface area contributed by atoms with Crippen LogP contribution in [0.2, 0.25) is 0 Å². The molecule has 0 aliphatic rings. The first-order chi connectivity index (χ1) is 14.7. The van der Waals surface area contributed by atoms with Crippen molar-refractivity contribution in [2.24, 2.45) is 0 Å². The van der Waals surface area contributed by atoms with E-state index in [-0.39, 0.29) is 30.3 Å². The van der Waals surface area contributed by atoms with Crippen LogP contribution in [0.4, 0.5) is 0 Å².